The fourth-order valence-electron chi connectivity index (χ4n) is 0.901. The molecule has 0 radical (unpaired) electrons. The van der Waals surface area contributed by atoms with Crippen molar-refractivity contribution in [3.8, 4) is 0 Å². The number of hydrogen-bond donors (Lipinski definition) is 2. The van der Waals surface area contributed by atoms with Crippen LogP contribution in [-0.2, 0) is 0 Å². The summed E-state index contributed by atoms with van der Waals surface area (Å²) in [6, 6.07) is 3.66. The van der Waals surface area contributed by atoms with E-state index in [0.717, 1.165) is 5.56 Å². The molecule has 0 saturated carbocycles. The average Bonchev–Trinajstić information content (AvgIpc) is 2.07. The Kier molecular flexibility index (Phi) is 5.62. The van der Waals surface area contributed by atoms with E-state index in [9.17, 15) is 0 Å². The molecule has 1 aromatic rings. The van der Waals surface area contributed by atoms with Gasteiger partial charge >= 0.3 is 0 Å². The second-order valence-electron chi connectivity index (χ2n) is 2.41. The van der Waals surface area contributed by atoms with Crippen LogP contribution in [0.1, 0.15) is 18.0 Å². The summed E-state index contributed by atoms with van der Waals surface area (Å²) in [5, 5.41) is 8.60. The van der Waals surface area contributed by atoms with Gasteiger partial charge in [0.2, 0.25) is 0 Å². The number of pyridine rings is 1. The van der Waals surface area contributed by atoms with E-state index in [2.05, 4.69) is 4.98 Å². The zero-order chi connectivity index (χ0) is 8.10. The lowest BCUT2D eigenvalue weighted by Crippen LogP contribution is -2.11. The molecule has 1 atom stereocenters. The maximum Gasteiger partial charge on any atom is 0.0449 e. The first-order valence-corrected chi connectivity index (χ1v) is 3.61. The van der Waals surface area contributed by atoms with Gasteiger partial charge in [0.25, 0.3) is 0 Å². The summed E-state index contributed by atoms with van der Waals surface area (Å²) in [4.78, 5) is 3.93. The molecule has 4 heteroatoms. The molecule has 0 aliphatic carbocycles. The zero-order valence-corrected chi connectivity index (χ0v) is 7.50. The Bertz CT molecular complexity index is 205. The van der Waals surface area contributed by atoms with Crippen molar-refractivity contribution >= 4 is 12.4 Å². The number of aliphatic hydroxyl groups excluding tert-OH is 1. The molecule has 3 N–H and O–H groups in total. The summed E-state index contributed by atoms with van der Waals surface area (Å²) in [7, 11) is 0. The van der Waals surface area contributed by atoms with Gasteiger partial charge in [-0.05, 0) is 18.1 Å². The molecular weight excluding hydrogens is 176 g/mol. The Morgan fingerprint density at radius 2 is 2.33 bits per heavy atom. The highest BCUT2D eigenvalue weighted by Gasteiger charge is 2.02. The van der Waals surface area contributed by atoms with Gasteiger partial charge in [-0.15, -0.1) is 12.4 Å². The van der Waals surface area contributed by atoms with E-state index in [4.69, 9.17) is 10.8 Å². The van der Waals surface area contributed by atoms with E-state index < -0.39 is 0 Å². The van der Waals surface area contributed by atoms with E-state index in [1.54, 1.807) is 12.4 Å². The van der Waals surface area contributed by atoms with Gasteiger partial charge in [0.1, 0.15) is 0 Å². The Labute approximate surface area is 78.0 Å². The first-order chi connectivity index (χ1) is 5.34. The lowest BCUT2D eigenvalue weighted by atomic mass is 10.1. The molecule has 0 fully saturated rings. The molecule has 3 nitrogen and oxygen atoms in total. The summed E-state index contributed by atoms with van der Waals surface area (Å²) in [6.45, 7) is 0.121. The number of hydrogen-bond acceptors (Lipinski definition) is 3. The zero-order valence-electron chi connectivity index (χ0n) is 6.68. The van der Waals surface area contributed by atoms with Crippen molar-refractivity contribution in [2.24, 2.45) is 5.73 Å². The van der Waals surface area contributed by atoms with Gasteiger partial charge < -0.3 is 10.8 Å². The summed E-state index contributed by atoms with van der Waals surface area (Å²) in [5.74, 6) is 0. The third kappa shape index (κ3) is 3.17. The monoisotopic (exact) mass is 188 g/mol. The van der Waals surface area contributed by atoms with Gasteiger partial charge in [0, 0.05) is 25.0 Å². The van der Waals surface area contributed by atoms with Crippen LogP contribution in [0, 0.1) is 0 Å². The van der Waals surface area contributed by atoms with Gasteiger partial charge in [-0.25, -0.2) is 0 Å². The minimum Gasteiger partial charge on any atom is -0.396 e. The van der Waals surface area contributed by atoms with Crippen molar-refractivity contribution in [3.05, 3.63) is 30.1 Å². The van der Waals surface area contributed by atoms with Crippen LogP contribution < -0.4 is 5.73 Å². The standard InChI is InChI=1S/C8H12N2O.ClH/c9-8(3-5-11)7-2-1-4-10-6-7;/h1-2,4,6,8,11H,3,5,9H2;1H/t8-;/m0./s1. The highest BCUT2D eigenvalue weighted by molar-refractivity contribution is 5.85. The second-order valence-corrected chi connectivity index (χ2v) is 2.41. The fraction of sp³-hybridized carbons (Fsp3) is 0.375. The molecule has 0 aliphatic heterocycles. The average molecular weight is 189 g/mol. The highest BCUT2D eigenvalue weighted by atomic mass is 35.5. The molecule has 1 aromatic heterocycles. The lowest BCUT2D eigenvalue weighted by molar-refractivity contribution is 0.276. The SMILES string of the molecule is Cl.N[C@@H](CCO)c1cccnc1. The number of nitrogens with two attached hydrogens (primary N) is 1. The summed E-state index contributed by atoms with van der Waals surface area (Å²) < 4.78 is 0. The van der Waals surface area contributed by atoms with Crippen LogP contribution in [0.4, 0.5) is 0 Å². The van der Waals surface area contributed by atoms with E-state index in [1.807, 2.05) is 12.1 Å². The van der Waals surface area contributed by atoms with Crippen LogP contribution in [0.5, 0.6) is 0 Å². The van der Waals surface area contributed by atoms with E-state index in [1.165, 1.54) is 0 Å². The van der Waals surface area contributed by atoms with Crippen molar-refractivity contribution < 1.29 is 5.11 Å². The Hall–Kier alpha value is -0.640. The van der Waals surface area contributed by atoms with Gasteiger partial charge in [-0.1, -0.05) is 6.07 Å². The maximum absolute atomic E-state index is 8.60. The highest BCUT2D eigenvalue weighted by Crippen LogP contribution is 2.10. The molecule has 0 amide bonds. The van der Waals surface area contributed by atoms with Gasteiger partial charge in [0.05, 0.1) is 0 Å². The number of aromatic nitrogens is 1. The molecule has 0 aromatic carbocycles. The normalized spacial score (nSPS) is 11.8. The van der Waals surface area contributed by atoms with Gasteiger partial charge in [0.15, 0.2) is 0 Å². The molecule has 0 saturated heterocycles. The van der Waals surface area contributed by atoms with E-state index in [0.29, 0.717) is 6.42 Å². The summed E-state index contributed by atoms with van der Waals surface area (Å²) in [5.41, 5.74) is 6.68. The van der Waals surface area contributed by atoms with Crippen LogP contribution in [0.15, 0.2) is 24.5 Å². The predicted octanol–water partition coefficient (Wildman–Crippen LogP) is 0.886. The molecule has 0 aliphatic rings. The smallest absolute Gasteiger partial charge is 0.0449 e. The first-order valence-electron chi connectivity index (χ1n) is 3.61. The van der Waals surface area contributed by atoms with Gasteiger partial charge in [-0.3, -0.25) is 4.98 Å². The Morgan fingerprint density at radius 1 is 1.58 bits per heavy atom. The largest absolute Gasteiger partial charge is 0.396 e. The quantitative estimate of drug-likeness (QED) is 0.741. The van der Waals surface area contributed by atoms with Gasteiger partial charge in [-0.2, -0.15) is 0 Å². The number of aliphatic hydroxyl groups is 1. The second kappa shape index (κ2) is 5.94. The molecule has 0 bridgehead atoms. The minimum absolute atomic E-state index is 0. The Morgan fingerprint density at radius 3 is 2.83 bits per heavy atom. The number of nitrogens with zero attached hydrogens (tertiary/aromatic N) is 1. The molecule has 0 unspecified atom stereocenters. The molecule has 0 spiro atoms. The third-order valence-corrected chi connectivity index (χ3v) is 1.55. The number of halogens is 1. The van der Waals surface area contributed by atoms with Crippen molar-refractivity contribution in [2.75, 3.05) is 6.61 Å². The molecule has 68 valence electrons. The van der Waals surface area contributed by atoms with Crippen LogP contribution in [0.2, 0.25) is 0 Å². The van der Waals surface area contributed by atoms with E-state index >= 15 is 0 Å². The molecule has 1 rings (SSSR count). The maximum atomic E-state index is 8.60. The van der Waals surface area contributed by atoms with Crippen molar-refractivity contribution in [1.82, 2.24) is 4.98 Å². The first kappa shape index (κ1) is 11.4. The topological polar surface area (TPSA) is 59.1 Å². The van der Waals surface area contributed by atoms with Crippen molar-refractivity contribution in [3.63, 3.8) is 0 Å². The van der Waals surface area contributed by atoms with Crippen LogP contribution in [-0.4, -0.2) is 16.7 Å². The molecule has 1 heterocycles. The third-order valence-electron chi connectivity index (χ3n) is 1.55. The molecule has 12 heavy (non-hydrogen) atoms. The Balaban J connectivity index is 0.00000121. The predicted molar refractivity (Wildman–Crippen MR) is 50.1 cm³/mol. The summed E-state index contributed by atoms with van der Waals surface area (Å²) in [6.07, 6.45) is 4.02. The minimum atomic E-state index is -0.0892. The van der Waals surface area contributed by atoms with Crippen LogP contribution >= 0.6 is 12.4 Å². The van der Waals surface area contributed by atoms with Crippen LogP contribution in [0.3, 0.4) is 0 Å². The molecular formula is C8H13ClN2O. The fourth-order valence-corrected chi connectivity index (χ4v) is 0.901. The lowest BCUT2D eigenvalue weighted by Gasteiger charge is -2.08. The van der Waals surface area contributed by atoms with Crippen molar-refractivity contribution in [1.29, 1.82) is 0 Å². The van der Waals surface area contributed by atoms with E-state index in [-0.39, 0.29) is 25.1 Å². The van der Waals surface area contributed by atoms with Crippen LogP contribution in [0.25, 0.3) is 0 Å². The van der Waals surface area contributed by atoms with Crippen molar-refractivity contribution in [2.45, 2.75) is 12.5 Å². The summed E-state index contributed by atoms with van der Waals surface area (Å²) >= 11 is 0. The number of rotatable bonds is 3.